The summed E-state index contributed by atoms with van der Waals surface area (Å²) in [5, 5.41) is 6.49. The van der Waals surface area contributed by atoms with Crippen LogP contribution in [-0.2, 0) is 14.8 Å². The maximum atomic E-state index is 12.4. The quantitative estimate of drug-likeness (QED) is 0.633. The zero-order valence-corrected chi connectivity index (χ0v) is 17.3. The Bertz CT molecular complexity index is 760. The van der Waals surface area contributed by atoms with Crippen molar-refractivity contribution in [2.75, 3.05) is 22.9 Å². The summed E-state index contributed by atoms with van der Waals surface area (Å²) in [6.07, 6.45) is 5.07. The van der Waals surface area contributed by atoms with Gasteiger partial charge in [0.05, 0.1) is 18.6 Å². The number of nitrogens with one attached hydrogen (secondary N) is 3. The molecule has 1 amide bonds. The minimum Gasteiger partial charge on any atom is -0.494 e. The van der Waals surface area contributed by atoms with Gasteiger partial charge in [-0.15, -0.1) is 12.4 Å². The number of carbonyl (C=O) groups excluding carboxylic acids is 1. The molecule has 27 heavy (non-hydrogen) atoms. The summed E-state index contributed by atoms with van der Waals surface area (Å²) in [5.41, 5.74) is 0.963. The van der Waals surface area contributed by atoms with Crippen molar-refractivity contribution in [3.05, 3.63) is 18.2 Å². The third-order valence-electron chi connectivity index (χ3n) is 5.18. The summed E-state index contributed by atoms with van der Waals surface area (Å²) in [5.74, 6) is 0.763. The third-order valence-corrected chi connectivity index (χ3v) is 6.47. The normalized spacial score (nSPS) is 24.0. The van der Waals surface area contributed by atoms with Crippen LogP contribution in [0.25, 0.3) is 0 Å². The molecule has 2 heterocycles. The van der Waals surface area contributed by atoms with E-state index >= 15 is 0 Å². The van der Waals surface area contributed by atoms with Gasteiger partial charge in [0.1, 0.15) is 5.75 Å². The van der Waals surface area contributed by atoms with Gasteiger partial charge >= 0.3 is 0 Å². The lowest BCUT2D eigenvalue weighted by Crippen LogP contribution is -2.39. The molecule has 2 fully saturated rings. The molecule has 0 aromatic heterocycles. The van der Waals surface area contributed by atoms with Crippen molar-refractivity contribution in [1.29, 1.82) is 0 Å². The van der Waals surface area contributed by atoms with E-state index in [-0.39, 0.29) is 24.1 Å². The molecule has 2 aliphatic heterocycles. The monoisotopic (exact) mass is 417 g/mol. The molecule has 152 valence electrons. The maximum absolute atomic E-state index is 12.4. The van der Waals surface area contributed by atoms with Crippen molar-refractivity contribution >= 4 is 39.7 Å². The van der Waals surface area contributed by atoms with Gasteiger partial charge < -0.3 is 15.4 Å². The number of sulfonamides is 1. The second-order valence-electron chi connectivity index (χ2n) is 7.15. The lowest BCUT2D eigenvalue weighted by atomic mass is 9.89. The van der Waals surface area contributed by atoms with Crippen LogP contribution >= 0.6 is 12.4 Å². The van der Waals surface area contributed by atoms with E-state index in [0.717, 1.165) is 12.8 Å². The highest BCUT2D eigenvalue weighted by molar-refractivity contribution is 7.92. The summed E-state index contributed by atoms with van der Waals surface area (Å²) >= 11 is 0. The summed E-state index contributed by atoms with van der Waals surface area (Å²) in [7, 11) is -1.92. The van der Waals surface area contributed by atoms with Crippen molar-refractivity contribution < 1.29 is 17.9 Å². The number of amides is 1. The van der Waals surface area contributed by atoms with Crippen molar-refractivity contribution in [2.24, 2.45) is 5.92 Å². The molecule has 7 nitrogen and oxygen atoms in total. The molecule has 3 N–H and O–H groups in total. The van der Waals surface area contributed by atoms with E-state index in [0.29, 0.717) is 41.5 Å². The van der Waals surface area contributed by atoms with E-state index in [2.05, 4.69) is 15.4 Å². The predicted molar refractivity (Wildman–Crippen MR) is 109 cm³/mol. The van der Waals surface area contributed by atoms with Crippen LogP contribution in [0.5, 0.6) is 5.75 Å². The summed E-state index contributed by atoms with van der Waals surface area (Å²) in [6.45, 7) is 1.57. The standard InChI is InChI=1S/C18H27N3O4S.ClH/c1-3-26(23,24)21-16-7-6-15(11-17(16)25-2)20-18(22)10-12-8-13-4-5-14(9-12)19-13;/h6-7,11-14,19,21H,3-5,8-10H2,1-2H3,(H,20,22);1H. The van der Waals surface area contributed by atoms with E-state index < -0.39 is 10.0 Å². The van der Waals surface area contributed by atoms with Gasteiger partial charge in [-0.3, -0.25) is 9.52 Å². The summed E-state index contributed by atoms with van der Waals surface area (Å²) in [6, 6.07) is 6.05. The van der Waals surface area contributed by atoms with Crippen LogP contribution in [-0.4, -0.2) is 39.3 Å². The Morgan fingerprint density at radius 1 is 1.26 bits per heavy atom. The summed E-state index contributed by atoms with van der Waals surface area (Å²) < 4.78 is 31.2. The van der Waals surface area contributed by atoms with E-state index in [9.17, 15) is 13.2 Å². The fraction of sp³-hybridized carbons (Fsp3) is 0.611. The Labute approximate surface area is 167 Å². The Kier molecular flexibility index (Phi) is 7.36. The predicted octanol–water partition coefficient (Wildman–Crippen LogP) is 2.74. The number of piperidine rings is 1. The van der Waals surface area contributed by atoms with Gasteiger partial charge in [0, 0.05) is 30.3 Å². The minimum atomic E-state index is -3.39. The van der Waals surface area contributed by atoms with Crippen LogP contribution in [0.2, 0.25) is 0 Å². The number of halogens is 1. The molecule has 0 radical (unpaired) electrons. The molecule has 2 unspecified atom stereocenters. The number of methoxy groups -OCH3 is 1. The van der Waals surface area contributed by atoms with E-state index in [1.165, 1.54) is 20.0 Å². The molecule has 9 heteroatoms. The van der Waals surface area contributed by atoms with Crippen LogP contribution in [0.1, 0.15) is 39.0 Å². The fourth-order valence-electron chi connectivity index (χ4n) is 3.91. The molecule has 0 saturated carbocycles. The first-order valence-corrected chi connectivity index (χ1v) is 10.8. The first kappa shape index (κ1) is 21.8. The first-order valence-electron chi connectivity index (χ1n) is 9.13. The summed E-state index contributed by atoms with van der Waals surface area (Å²) in [4.78, 5) is 12.4. The van der Waals surface area contributed by atoms with Crippen LogP contribution in [0, 0.1) is 5.92 Å². The lowest BCUT2D eigenvalue weighted by Gasteiger charge is -2.28. The van der Waals surface area contributed by atoms with Crippen molar-refractivity contribution in [3.63, 3.8) is 0 Å². The van der Waals surface area contributed by atoms with E-state index in [1.54, 1.807) is 25.1 Å². The number of anilines is 2. The lowest BCUT2D eigenvalue weighted by molar-refractivity contribution is -0.117. The molecule has 1 aromatic carbocycles. The molecule has 3 rings (SSSR count). The molecule has 2 aliphatic rings. The zero-order chi connectivity index (χ0) is 18.7. The highest BCUT2D eigenvalue weighted by Gasteiger charge is 2.34. The topological polar surface area (TPSA) is 96.5 Å². The number of ether oxygens (including phenoxy) is 1. The van der Waals surface area contributed by atoms with Gasteiger partial charge in [0.2, 0.25) is 15.9 Å². The molecular weight excluding hydrogens is 390 g/mol. The van der Waals surface area contributed by atoms with Crippen molar-refractivity contribution in [3.8, 4) is 5.75 Å². The van der Waals surface area contributed by atoms with Gasteiger partial charge in [-0.2, -0.15) is 0 Å². The smallest absolute Gasteiger partial charge is 0.232 e. The molecule has 2 saturated heterocycles. The average Bonchev–Trinajstić information content (AvgIpc) is 2.94. The number of fused-ring (bicyclic) bond motifs is 2. The van der Waals surface area contributed by atoms with Crippen LogP contribution in [0.3, 0.4) is 0 Å². The van der Waals surface area contributed by atoms with E-state index in [1.807, 2.05) is 0 Å². The van der Waals surface area contributed by atoms with Gasteiger partial charge in [-0.05, 0) is 50.7 Å². The van der Waals surface area contributed by atoms with Gasteiger partial charge in [-0.1, -0.05) is 0 Å². The fourth-order valence-corrected chi connectivity index (χ4v) is 4.56. The first-order chi connectivity index (χ1) is 12.4. The molecule has 2 bridgehead atoms. The van der Waals surface area contributed by atoms with Gasteiger partial charge in [0.25, 0.3) is 0 Å². The number of hydrogen-bond acceptors (Lipinski definition) is 5. The SMILES string of the molecule is CCS(=O)(=O)Nc1ccc(NC(=O)CC2CC3CCC(C2)N3)cc1OC.Cl. The molecular formula is C18H28ClN3O4S. The van der Waals surface area contributed by atoms with E-state index in [4.69, 9.17) is 4.74 Å². The minimum absolute atomic E-state index is 0. The molecule has 1 aromatic rings. The van der Waals surface area contributed by atoms with Gasteiger partial charge in [-0.25, -0.2) is 8.42 Å². The Morgan fingerprint density at radius 2 is 1.93 bits per heavy atom. The number of hydrogen-bond donors (Lipinski definition) is 3. The Balaban J connectivity index is 0.00000261. The van der Waals surface area contributed by atoms with Crippen LogP contribution < -0.4 is 20.1 Å². The highest BCUT2D eigenvalue weighted by atomic mass is 35.5. The Morgan fingerprint density at radius 3 is 2.52 bits per heavy atom. The largest absolute Gasteiger partial charge is 0.494 e. The Hall–Kier alpha value is -1.51. The number of benzene rings is 1. The molecule has 0 aliphatic carbocycles. The van der Waals surface area contributed by atoms with Crippen molar-refractivity contribution in [1.82, 2.24) is 5.32 Å². The maximum Gasteiger partial charge on any atom is 0.232 e. The second kappa shape index (κ2) is 9.12. The molecule has 2 atom stereocenters. The number of carbonyl (C=O) groups is 1. The molecule has 0 spiro atoms. The number of rotatable bonds is 7. The van der Waals surface area contributed by atoms with Gasteiger partial charge in [0.15, 0.2) is 0 Å². The second-order valence-corrected chi connectivity index (χ2v) is 9.16. The zero-order valence-electron chi connectivity index (χ0n) is 15.7. The highest BCUT2D eigenvalue weighted by Crippen LogP contribution is 2.33. The average molecular weight is 418 g/mol. The third kappa shape index (κ3) is 5.73. The van der Waals surface area contributed by atoms with Crippen molar-refractivity contribution in [2.45, 2.75) is 51.1 Å². The van der Waals surface area contributed by atoms with Crippen LogP contribution in [0.15, 0.2) is 18.2 Å². The van der Waals surface area contributed by atoms with Crippen LogP contribution in [0.4, 0.5) is 11.4 Å².